The molecule has 1 saturated carbocycles. The quantitative estimate of drug-likeness (QED) is 0.839. The van der Waals surface area contributed by atoms with Crippen molar-refractivity contribution in [1.82, 2.24) is 0 Å². The van der Waals surface area contributed by atoms with Gasteiger partial charge in [0.25, 0.3) is 0 Å². The van der Waals surface area contributed by atoms with Crippen LogP contribution in [-0.2, 0) is 4.79 Å². The number of amides is 1. The van der Waals surface area contributed by atoms with Crippen molar-refractivity contribution >= 4 is 23.2 Å². The maximum atomic E-state index is 12.2. The second-order valence-corrected chi connectivity index (χ2v) is 5.89. The Labute approximate surface area is 131 Å². The van der Waals surface area contributed by atoms with E-state index in [1.54, 1.807) is 18.2 Å². The normalized spacial score (nSPS) is 15.1. The average molecular weight is 305 g/mol. The first kappa shape index (κ1) is 15.9. The van der Waals surface area contributed by atoms with E-state index in [0.29, 0.717) is 23.0 Å². The van der Waals surface area contributed by atoms with E-state index in [2.05, 4.69) is 17.2 Å². The topological polar surface area (TPSA) is 55.1 Å². The van der Waals surface area contributed by atoms with Gasteiger partial charge in [0, 0.05) is 17.0 Å². The molecule has 0 aromatic heterocycles. The van der Waals surface area contributed by atoms with E-state index in [4.69, 9.17) is 17.3 Å². The number of nitrogens with two attached hydrogens (primary N) is 1. The molecule has 0 aliphatic heterocycles. The summed E-state index contributed by atoms with van der Waals surface area (Å²) in [5.41, 5.74) is 6.82. The lowest BCUT2D eigenvalue weighted by atomic mass is 9.87. The minimum absolute atomic E-state index is 0.0416. The fourth-order valence-corrected chi connectivity index (χ4v) is 2.90. The molecule has 0 spiro atoms. The first-order valence-corrected chi connectivity index (χ1v) is 7.85. The molecule has 0 atom stereocenters. The Morgan fingerprint density at radius 2 is 2.10 bits per heavy atom. The number of nitrogens with one attached hydrogen (secondary N) is 1. The summed E-state index contributed by atoms with van der Waals surface area (Å²) in [6.07, 6.45) is 6.66. The minimum atomic E-state index is 0.0416. The summed E-state index contributed by atoms with van der Waals surface area (Å²) in [6.45, 7) is 0.290. The first-order chi connectivity index (χ1) is 10.2. The van der Waals surface area contributed by atoms with Crippen molar-refractivity contribution in [2.24, 2.45) is 11.7 Å². The van der Waals surface area contributed by atoms with Crippen LogP contribution in [0.25, 0.3) is 0 Å². The van der Waals surface area contributed by atoms with Gasteiger partial charge in [-0.1, -0.05) is 42.7 Å². The second-order valence-electron chi connectivity index (χ2n) is 5.45. The molecule has 1 aliphatic carbocycles. The highest BCUT2D eigenvalue weighted by atomic mass is 35.5. The summed E-state index contributed by atoms with van der Waals surface area (Å²) in [6, 6.07) is 5.31. The zero-order chi connectivity index (χ0) is 15.1. The number of hydrogen-bond acceptors (Lipinski definition) is 2. The van der Waals surface area contributed by atoms with Crippen molar-refractivity contribution in [2.75, 3.05) is 11.9 Å². The molecule has 3 nitrogen and oxygen atoms in total. The van der Waals surface area contributed by atoms with Crippen molar-refractivity contribution in [3.05, 3.63) is 28.8 Å². The molecule has 0 radical (unpaired) electrons. The van der Waals surface area contributed by atoms with E-state index in [1.165, 1.54) is 19.3 Å². The van der Waals surface area contributed by atoms with Crippen LogP contribution in [0.15, 0.2) is 18.2 Å². The van der Waals surface area contributed by atoms with Crippen LogP contribution >= 0.6 is 11.6 Å². The summed E-state index contributed by atoms with van der Waals surface area (Å²) in [5.74, 6) is 6.32. The van der Waals surface area contributed by atoms with E-state index in [0.717, 1.165) is 18.4 Å². The van der Waals surface area contributed by atoms with Crippen LogP contribution in [0, 0.1) is 17.8 Å². The predicted octanol–water partition coefficient (Wildman–Crippen LogP) is 3.56. The number of halogens is 1. The zero-order valence-electron chi connectivity index (χ0n) is 12.1. The van der Waals surface area contributed by atoms with Crippen molar-refractivity contribution < 1.29 is 4.79 Å². The molecule has 0 saturated heterocycles. The van der Waals surface area contributed by atoms with Crippen LogP contribution in [-0.4, -0.2) is 12.5 Å². The summed E-state index contributed by atoms with van der Waals surface area (Å²) in [4.78, 5) is 12.2. The van der Waals surface area contributed by atoms with Crippen LogP contribution in [0.5, 0.6) is 0 Å². The molecule has 1 aromatic rings. The largest absolute Gasteiger partial charge is 0.325 e. The van der Waals surface area contributed by atoms with E-state index >= 15 is 0 Å². The minimum Gasteiger partial charge on any atom is -0.325 e. The fourth-order valence-electron chi connectivity index (χ4n) is 2.73. The molecule has 2 rings (SSSR count). The third-order valence-electron chi connectivity index (χ3n) is 3.78. The standard InChI is InChI=1S/C17H21ClN2O/c18-15-9-8-14(7-4-10-19)16(12-15)20-17(21)11-13-5-2-1-3-6-13/h8-9,12-13H,1-3,5-6,10-11,19H2,(H,20,21). The SMILES string of the molecule is NCC#Cc1ccc(Cl)cc1NC(=O)CC1CCCCC1. The second kappa shape index (κ2) is 8.07. The van der Waals surface area contributed by atoms with Gasteiger partial charge in [-0.3, -0.25) is 4.79 Å². The van der Waals surface area contributed by atoms with E-state index in [1.807, 2.05) is 0 Å². The Morgan fingerprint density at radius 1 is 1.33 bits per heavy atom. The lowest BCUT2D eigenvalue weighted by Crippen LogP contribution is -2.18. The number of rotatable bonds is 3. The maximum Gasteiger partial charge on any atom is 0.224 e. The van der Waals surface area contributed by atoms with Gasteiger partial charge in [-0.05, 0) is 37.0 Å². The monoisotopic (exact) mass is 304 g/mol. The third-order valence-corrected chi connectivity index (χ3v) is 4.01. The Morgan fingerprint density at radius 3 is 2.81 bits per heavy atom. The van der Waals surface area contributed by atoms with Crippen LogP contribution in [0.1, 0.15) is 44.1 Å². The highest BCUT2D eigenvalue weighted by Gasteiger charge is 2.17. The van der Waals surface area contributed by atoms with E-state index in [9.17, 15) is 4.79 Å². The first-order valence-electron chi connectivity index (χ1n) is 7.47. The molecule has 4 heteroatoms. The molecule has 0 heterocycles. The molecular weight excluding hydrogens is 284 g/mol. The summed E-state index contributed by atoms with van der Waals surface area (Å²) >= 11 is 6.00. The van der Waals surface area contributed by atoms with Gasteiger partial charge in [-0.2, -0.15) is 0 Å². The van der Waals surface area contributed by atoms with Gasteiger partial charge in [-0.25, -0.2) is 0 Å². The molecule has 3 N–H and O–H groups in total. The number of anilines is 1. The van der Waals surface area contributed by atoms with E-state index in [-0.39, 0.29) is 12.5 Å². The van der Waals surface area contributed by atoms with Gasteiger partial charge < -0.3 is 11.1 Å². The van der Waals surface area contributed by atoms with Gasteiger partial charge in [0.05, 0.1) is 12.2 Å². The van der Waals surface area contributed by atoms with Gasteiger partial charge in [0.1, 0.15) is 0 Å². The highest BCUT2D eigenvalue weighted by molar-refractivity contribution is 6.31. The van der Waals surface area contributed by atoms with Crippen molar-refractivity contribution in [1.29, 1.82) is 0 Å². The molecule has 1 amide bonds. The Bertz CT molecular complexity index is 554. The van der Waals surface area contributed by atoms with Crippen molar-refractivity contribution in [3.63, 3.8) is 0 Å². The van der Waals surface area contributed by atoms with Crippen molar-refractivity contribution in [2.45, 2.75) is 38.5 Å². The zero-order valence-corrected chi connectivity index (χ0v) is 12.9. The average Bonchev–Trinajstić information content (AvgIpc) is 2.47. The van der Waals surface area contributed by atoms with Crippen LogP contribution < -0.4 is 11.1 Å². The fraction of sp³-hybridized carbons (Fsp3) is 0.471. The van der Waals surface area contributed by atoms with Gasteiger partial charge in [0.2, 0.25) is 5.91 Å². The molecule has 0 bridgehead atoms. The molecule has 1 fully saturated rings. The molecular formula is C17H21ClN2O. The molecule has 112 valence electrons. The maximum absolute atomic E-state index is 12.2. The molecule has 1 aromatic carbocycles. The molecule has 0 unspecified atom stereocenters. The van der Waals surface area contributed by atoms with Gasteiger partial charge in [-0.15, -0.1) is 0 Å². The highest BCUT2D eigenvalue weighted by Crippen LogP contribution is 2.27. The molecule has 21 heavy (non-hydrogen) atoms. The Hall–Kier alpha value is -1.50. The predicted molar refractivity (Wildman–Crippen MR) is 87.2 cm³/mol. The summed E-state index contributed by atoms with van der Waals surface area (Å²) in [7, 11) is 0. The smallest absolute Gasteiger partial charge is 0.224 e. The van der Waals surface area contributed by atoms with Gasteiger partial charge in [0.15, 0.2) is 0 Å². The van der Waals surface area contributed by atoms with Gasteiger partial charge >= 0.3 is 0 Å². The Kier molecular flexibility index (Phi) is 6.10. The summed E-state index contributed by atoms with van der Waals surface area (Å²) in [5, 5.41) is 3.53. The number of carbonyl (C=O) groups is 1. The van der Waals surface area contributed by atoms with Crippen molar-refractivity contribution in [3.8, 4) is 11.8 Å². The van der Waals surface area contributed by atoms with Crippen LogP contribution in [0.3, 0.4) is 0 Å². The Balaban J connectivity index is 2.03. The van der Waals surface area contributed by atoms with Crippen LogP contribution in [0.4, 0.5) is 5.69 Å². The number of hydrogen-bond donors (Lipinski definition) is 2. The number of carbonyl (C=O) groups excluding carboxylic acids is 1. The van der Waals surface area contributed by atoms with Crippen LogP contribution in [0.2, 0.25) is 5.02 Å². The lowest BCUT2D eigenvalue weighted by Gasteiger charge is -2.21. The molecule has 1 aliphatic rings. The number of benzene rings is 1. The van der Waals surface area contributed by atoms with E-state index < -0.39 is 0 Å². The summed E-state index contributed by atoms with van der Waals surface area (Å²) < 4.78 is 0. The third kappa shape index (κ3) is 5.08. The lowest BCUT2D eigenvalue weighted by molar-refractivity contribution is -0.117.